The smallest absolute Gasteiger partial charge is 0.471 e. The van der Waals surface area contributed by atoms with Gasteiger partial charge in [0.1, 0.15) is 16.8 Å². The topological polar surface area (TPSA) is 69.0 Å². The highest BCUT2D eigenvalue weighted by atomic mass is 19.4. The summed E-state index contributed by atoms with van der Waals surface area (Å²) in [6.45, 7) is 0. The summed E-state index contributed by atoms with van der Waals surface area (Å²) in [5.74, 6) is -1.37. The maximum atomic E-state index is 12.8. The van der Waals surface area contributed by atoms with Crippen LogP contribution in [0.25, 0.3) is 11.0 Å². The molecule has 0 saturated carbocycles. The second-order valence-electron chi connectivity index (χ2n) is 8.33. The minimum atomic E-state index is -5.00. The van der Waals surface area contributed by atoms with Crippen molar-refractivity contribution in [3.05, 3.63) is 120 Å². The summed E-state index contributed by atoms with van der Waals surface area (Å²) >= 11 is 0. The monoisotopic (exact) mass is 502 g/mol. The van der Waals surface area contributed by atoms with Crippen LogP contribution >= 0.6 is 0 Å². The van der Waals surface area contributed by atoms with Gasteiger partial charge in [-0.1, -0.05) is 78.0 Å². The molecule has 0 aliphatic heterocycles. The second-order valence-corrected chi connectivity index (χ2v) is 8.33. The van der Waals surface area contributed by atoms with E-state index in [1.54, 1.807) is 17.9 Å². The van der Waals surface area contributed by atoms with Crippen molar-refractivity contribution >= 4 is 22.6 Å². The molecular formula is C28H21F3N4O2. The molecule has 1 amide bonds. The molecule has 0 aliphatic rings. The van der Waals surface area contributed by atoms with Gasteiger partial charge in [-0.3, -0.25) is 4.79 Å². The normalized spacial score (nSPS) is 11.9. The van der Waals surface area contributed by atoms with E-state index >= 15 is 0 Å². The molecule has 4 aromatic carbocycles. The minimum Gasteiger partial charge on any atom is -0.497 e. The van der Waals surface area contributed by atoms with Crippen LogP contribution in [0.5, 0.6) is 5.75 Å². The zero-order chi connectivity index (χ0) is 26.0. The molecule has 0 fully saturated rings. The lowest BCUT2D eigenvalue weighted by Crippen LogP contribution is -2.38. The van der Waals surface area contributed by atoms with E-state index in [1.165, 1.54) is 12.1 Å². The molecule has 6 nitrogen and oxygen atoms in total. The maximum absolute atomic E-state index is 12.8. The molecule has 0 spiro atoms. The highest BCUT2D eigenvalue weighted by molar-refractivity contribution is 5.96. The van der Waals surface area contributed by atoms with Gasteiger partial charge in [-0.05, 0) is 47.0 Å². The van der Waals surface area contributed by atoms with Gasteiger partial charge in [0.2, 0.25) is 0 Å². The average molecular weight is 502 g/mol. The molecule has 1 aromatic heterocycles. The van der Waals surface area contributed by atoms with Gasteiger partial charge < -0.3 is 10.1 Å². The Balaban J connectivity index is 1.77. The molecule has 5 rings (SSSR count). The number of nitrogens with zero attached hydrogens (tertiary/aromatic N) is 3. The Morgan fingerprint density at radius 2 is 1.38 bits per heavy atom. The van der Waals surface area contributed by atoms with Crippen molar-refractivity contribution in [3.8, 4) is 5.75 Å². The summed E-state index contributed by atoms with van der Waals surface area (Å²) in [5.41, 5.74) is 2.53. The van der Waals surface area contributed by atoms with Crippen molar-refractivity contribution in [2.75, 3.05) is 12.4 Å². The Bertz CT molecular complexity index is 1490. The predicted molar refractivity (Wildman–Crippen MR) is 133 cm³/mol. The van der Waals surface area contributed by atoms with Crippen molar-refractivity contribution in [1.82, 2.24) is 15.0 Å². The van der Waals surface area contributed by atoms with Crippen LogP contribution in [0.1, 0.15) is 16.7 Å². The summed E-state index contributed by atoms with van der Waals surface area (Å²) in [7, 11) is 1.59. The van der Waals surface area contributed by atoms with Gasteiger partial charge in [-0.2, -0.15) is 13.2 Å². The molecule has 0 radical (unpaired) electrons. The number of benzene rings is 4. The zero-order valence-electron chi connectivity index (χ0n) is 19.6. The SMILES string of the molecule is COc1ccc(C(c2ccccc2)(c2ccccc2)n2nnc3cc(NC(=O)C(F)(F)F)ccc32)cc1. The number of aromatic nitrogens is 3. The fourth-order valence-corrected chi connectivity index (χ4v) is 4.51. The van der Waals surface area contributed by atoms with Crippen molar-refractivity contribution in [2.24, 2.45) is 0 Å². The lowest BCUT2D eigenvalue weighted by Gasteiger charge is -2.36. The highest BCUT2D eigenvalue weighted by Gasteiger charge is 2.41. The van der Waals surface area contributed by atoms with Gasteiger partial charge in [-0.25, -0.2) is 4.68 Å². The number of fused-ring (bicyclic) bond motifs is 1. The van der Waals surface area contributed by atoms with Crippen LogP contribution in [0.3, 0.4) is 0 Å². The Hall–Kier alpha value is -4.66. The number of anilines is 1. The van der Waals surface area contributed by atoms with E-state index < -0.39 is 17.6 Å². The summed E-state index contributed by atoms with van der Waals surface area (Å²) in [6.07, 6.45) is -5.00. The zero-order valence-corrected chi connectivity index (χ0v) is 19.6. The Morgan fingerprint density at radius 3 is 1.92 bits per heavy atom. The van der Waals surface area contributed by atoms with E-state index in [4.69, 9.17) is 4.74 Å². The highest BCUT2D eigenvalue weighted by Crippen LogP contribution is 2.42. The van der Waals surface area contributed by atoms with Gasteiger partial charge in [-0.15, -0.1) is 5.10 Å². The third-order valence-corrected chi connectivity index (χ3v) is 6.17. The van der Waals surface area contributed by atoms with Crippen LogP contribution in [0.2, 0.25) is 0 Å². The molecule has 37 heavy (non-hydrogen) atoms. The molecule has 5 aromatic rings. The number of halogens is 3. The standard InChI is InChI=1S/C28H21F3N4O2/c1-37-23-15-12-21(13-16-23)27(19-8-4-2-5-9-19,20-10-6-3-7-11-20)35-25-17-14-22(18-24(25)33-34-35)32-26(36)28(29,30)31/h2-18H,1H3,(H,32,36). The summed E-state index contributed by atoms with van der Waals surface area (Å²) in [5, 5.41) is 10.7. The van der Waals surface area contributed by atoms with Gasteiger partial charge in [0.15, 0.2) is 0 Å². The van der Waals surface area contributed by atoms with E-state index in [-0.39, 0.29) is 5.69 Å². The molecule has 0 bridgehead atoms. The fourth-order valence-electron chi connectivity index (χ4n) is 4.51. The van der Waals surface area contributed by atoms with E-state index in [0.29, 0.717) is 16.8 Å². The molecule has 1 heterocycles. The second kappa shape index (κ2) is 9.42. The molecule has 1 N–H and O–H groups in total. The van der Waals surface area contributed by atoms with Crippen LogP contribution in [0, 0.1) is 0 Å². The summed E-state index contributed by atoms with van der Waals surface area (Å²) in [6, 6.07) is 31.5. The number of hydrogen-bond acceptors (Lipinski definition) is 4. The number of ether oxygens (including phenoxy) is 1. The summed E-state index contributed by atoms with van der Waals surface area (Å²) < 4.78 is 45.4. The molecule has 0 atom stereocenters. The van der Waals surface area contributed by atoms with E-state index in [0.717, 1.165) is 16.7 Å². The Morgan fingerprint density at radius 1 is 0.811 bits per heavy atom. The lowest BCUT2D eigenvalue weighted by atomic mass is 9.77. The third kappa shape index (κ3) is 4.29. The average Bonchev–Trinajstić information content (AvgIpc) is 3.34. The first-order chi connectivity index (χ1) is 17.8. The Labute approximate surface area is 210 Å². The van der Waals surface area contributed by atoms with Crippen molar-refractivity contribution < 1.29 is 22.7 Å². The first kappa shape index (κ1) is 24.1. The number of methoxy groups -OCH3 is 1. The van der Waals surface area contributed by atoms with Crippen LogP contribution in [0.15, 0.2) is 103 Å². The first-order valence-electron chi connectivity index (χ1n) is 11.3. The van der Waals surface area contributed by atoms with Crippen molar-refractivity contribution in [2.45, 2.75) is 11.7 Å². The van der Waals surface area contributed by atoms with Crippen molar-refractivity contribution in [1.29, 1.82) is 0 Å². The van der Waals surface area contributed by atoms with E-state index in [2.05, 4.69) is 10.3 Å². The van der Waals surface area contributed by atoms with Gasteiger partial charge in [0.25, 0.3) is 0 Å². The number of alkyl halides is 3. The molecular weight excluding hydrogens is 481 g/mol. The quantitative estimate of drug-likeness (QED) is 0.299. The molecule has 0 aliphatic carbocycles. The van der Waals surface area contributed by atoms with E-state index in [1.807, 2.05) is 90.2 Å². The van der Waals surface area contributed by atoms with Gasteiger partial charge >= 0.3 is 12.1 Å². The number of rotatable bonds is 6. The fraction of sp³-hybridized carbons (Fsp3) is 0.107. The van der Waals surface area contributed by atoms with Crippen LogP contribution in [-0.2, 0) is 10.3 Å². The molecule has 9 heteroatoms. The number of amides is 1. The summed E-state index contributed by atoms with van der Waals surface area (Å²) in [4.78, 5) is 11.5. The van der Waals surface area contributed by atoms with Crippen molar-refractivity contribution in [3.63, 3.8) is 0 Å². The van der Waals surface area contributed by atoms with Gasteiger partial charge in [0, 0.05) is 5.69 Å². The Kier molecular flexibility index (Phi) is 6.12. The lowest BCUT2D eigenvalue weighted by molar-refractivity contribution is -0.167. The third-order valence-electron chi connectivity index (χ3n) is 6.17. The number of nitrogens with one attached hydrogen (secondary N) is 1. The van der Waals surface area contributed by atoms with Gasteiger partial charge in [0.05, 0.1) is 12.6 Å². The van der Waals surface area contributed by atoms with Crippen LogP contribution < -0.4 is 10.1 Å². The molecule has 0 saturated heterocycles. The largest absolute Gasteiger partial charge is 0.497 e. The predicted octanol–water partition coefficient (Wildman–Crippen LogP) is 5.78. The maximum Gasteiger partial charge on any atom is 0.471 e. The van der Waals surface area contributed by atoms with Crippen LogP contribution in [0.4, 0.5) is 18.9 Å². The van der Waals surface area contributed by atoms with E-state index in [9.17, 15) is 18.0 Å². The minimum absolute atomic E-state index is 0.0312. The molecule has 0 unspecified atom stereocenters. The first-order valence-corrected chi connectivity index (χ1v) is 11.3. The number of carbonyl (C=O) groups is 1. The molecule has 186 valence electrons. The van der Waals surface area contributed by atoms with Crippen LogP contribution in [-0.4, -0.2) is 34.2 Å². The number of hydrogen-bond donors (Lipinski definition) is 1. The number of carbonyl (C=O) groups excluding carboxylic acids is 1.